The van der Waals surface area contributed by atoms with Crippen LogP contribution in [0.4, 0.5) is 11.5 Å². The topological polar surface area (TPSA) is 74.2 Å². The number of carbonyl (C=O) groups is 1. The van der Waals surface area contributed by atoms with Gasteiger partial charge in [0.2, 0.25) is 5.91 Å². The average Bonchev–Trinajstić information content (AvgIpc) is 3.23. The van der Waals surface area contributed by atoms with E-state index in [1.165, 1.54) is 0 Å². The lowest BCUT2D eigenvalue weighted by atomic mass is 10.1. The Morgan fingerprint density at radius 3 is 2.81 bits per heavy atom. The molecule has 4 heterocycles. The Labute approximate surface area is 184 Å². The van der Waals surface area contributed by atoms with Crippen LogP contribution in [0.5, 0.6) is 0 Å². The van der Waals surface area contributed by atoms with Gasteiger partial charge in [0, 0.05) is 54.0 Å². The zero-order valence-electron chi connectivity index (χ0n) is 17.5. The quantitative estimate of drug-likeness (QED) is 0.529. The molecule has 1 N–H and O–H groups in total. The van der Waals surface area contributed by atoms with Gasteiger partial charge in [-0.1, -0.05) is 12.1 Å². The summed E-state index contributed by atoms with van der Waals surface area (Å²) in [5.41, 5.74) is 0.825. The number of rotatable bonds is 4. The van der Waals surface area contributed by atoms with Crippen molar-refractivity contribution in [3.8, 4) is 0 Å². The molecule has 1 aliphatic heterocycles. The van der Waals surface area contributed by atoms with Crippen molar-refractivity contribution in [3.63, 3.8) is 0 Å². The lowest BCUT2D eigenvalue weighted by molar-refractivity contribution is -0.117. The standard InChI is InChI=1S/C23H24N6OS/c1-15-11-28(12-16(2)29(15)22-19-7-9-31-23(19)26-14-25-22)13-21(30)27-20-5-3-4-17-10-24-8-6-18(17)20/h3-10,14-16H,11-13H2,1-2H3,(H,27,30)/t15-,16+. The summed E-state index contributed by atoms with van der Waals surface area (Å²) in [5.74, 6) is 0.985. The van der Waals surface area contributed by atoms with Crippen molar-refractivity contribution in [2.75, 3.05) is 29.9 Å². The van der Waals surface area contributed by atoms with E-state index in [0.29, 0.717) is 6.54 Å². The van der Waals surface area contributed by atoms with Gasteiger partial charge >= 0.3 is 0 Å². The van der Waals surface area contributed by atoms with Crippen LogP contribution in [0.1, 0.15) is 13.8 Å². The van der Waals surface area contributed by atoms with Gasteiger partial charge in [-0.15, -0.1) is 11.3 Å². The Morgan fingerprint density at radius 2 is 1.97 bits per heavy atom. The second-order valence-electron chi connectivity index (χ2n) is 8.09. The van der Waals surface area contributed by atoms with Crippen LogP contribution >= 0.6 is 11.3 Å². The van der Waals surface area contributed by atoms with Crippen LogP contribution in [0, 0.1) is 0 Å². The molecule has 0 spiro atoms. The largest absolute Gasteiger partial charge is 0.348 e. The number of fused-ring (bicyclic) bond motifs is 2. The van der Waals surface area contributed by atoms with Gasteiger partial charge in [0.25, 0.3) is 0 Å². The van der Waals surface area contributed by atoms with Crippen LogP contribution < -0.4 is 10.2 Å². The molecule has 4 aromatic rings. The Kier molecular flexibility index (Phi) is 5.25. The first-order valence-corrected chi connectivity index (χ1v) is 11.3. The van der Waals surface area contributed by atoms with E-state index >= 15 is 0 Å². The van der Waals surface area contributed by atoms with E-state index in [1.54, 1.807) is 23.9 Å². The smallest absolute Gasteiger partial charge is 0.238 e. The molecule has 5 rings (SSSR count). The number of hydrogen-bond acceptors (Lipinski definition) is 7. The molecule has 0 radical (unpaired) electrons. The molecule has 0 saturated carbocycles. The predicted octanol–water partition coefficient (Wildman–Crippen LogP) is 3.78. The molecule has 8 heteroatoms. The number of piperazine rings is 1. The van der Waals surface area contributed by atoms with E-state index in [4.69, 9.17) is 0 Å². The molecular weight excluding hydrogens is 408 g/mol. The first kappa shape index (κ1) is 19.8. The van der Waals surface area contributed by atoms with Gasteiger partial charge in [0.1, 0.15) is 17.0 Å². The number of nitrogens with one attached hydrogen (secondary N) is 1. The maximum absolute atomic E-state index is 12.8. The summed E-state index contributed by atoms with van der Waals surface area (Å²) in [5, 5.41) is 8.26. The number of pyridine rings is 1. The van der Waals surface area contributed by atoms with Crippen molar-refractivity contribution in [1.29, 1.82) is 0 Å². The third-order valence-electron chi connectivity index (χ3n) is 5.80. The summed E-state index contributed by atoms with van der Waals surface area (Å²) in [7, 11) is 0. The van der Waals surface area contributed by atoms with Crippen molar-refractivity contribution in [2.45, 2.75) is 25.9 Å². The number of aromatic nitrogens is 3. The van der Waals surface area contributed by atoms with E-state index in [9.17, 15) is 4.79 Å². The lowest BCUT2D eigenvalue weighted by Crippen LogP contribution is -2.58. The minimum atomic E-state index is -0.000534. The molecule has 1 amide bonds. The fourth-order valence-corrected chi connectivity index (χ4v) is 5.31. The first-order chi connectivity index (χ1) is 15.1. The average molecular weight is 433 g/mol. The maximum Gasteiger partial charge on any atom is 0.238 e. The summed E-state index contributed by atoms with van der Waals surface area (Å²) in [6, 6.07) is 10.4. The number of benzene rings is 1. The molecule has 1 aliphatic rings. The molecule has 0 aliphatic carbocycles. The Balaban J connectivity index is 1.29. The van der Waals surface area contributed by atoms with Crippen LogP contribution in [0.15, 0.2) is 54.4 Å². The number of anilines is 2. The van der Waals surface area contributed by atoms with Gasteiger partial charge in [-0.3, -0.25) is 14.7 Å². The van der Waals surface area contributed by atoms with Crippen molar-refractivity contribution >= 4 is 49.7 Å². The van der Waals surface area contributed by atoms with E-state index < -0.39 is 0 Å². The van der Waals surface area contributed by atoms with E-state index in [0.717, 1.165) is 45.6 Å². The van der Waals surface area contributed by atoms with Crippen LogP contribution in [-0.2, 0) is 4.79 Å². The van der Waals surface area contributed by atoms with Crippen LogP contribution in [-0.4, -0.2) is 57.5 Å². The molecule has 7 nitrogen and oxygen atoms in total. The molecule has 158 valence electrons. The molecule has 1 fully saturated rings. The highest BCUT2D eigenvalue weighted by molar-refractivity contribution is 7.16. The summed E-state index contributed by atoms with van der Waals surface area (Å²) in [4.78, 5) is 31.6. The summed E-state index contributed by atoms with van der Waals surface area (Å²) < 4.78 is 0. The molecule has 0 bridgehead atoms. The van der Waals surface area contributed by atoms with Gasteiger partial charge < -0.3 is 10.2 Å². The van der Waals surface area contributed by atoms with E-state index in [1.807, 2.05) is 30.5 Å². The van der Waals surface area contributed by atoms with E-state index in [-0.39, 0.29) is 18.0 Å². The molecular formula is C23H24N6OS. The minimum absolute atomic E-state index is 0.000534. The van der Waals surface area contributed by atoms with Crippen molar-refractivity contribution in [1.82, 2.24) is 19.9 Å². The van der Waals surface area contributed by atoms with Crippen LogP contribution in [0.3, 0.4) is 0 Å². The van der Waals surface area contributed by atoms with Crippen LogP contribution in [0.25, 0.3) is 21.0 Å². The van der Waals surface area contributed by atoms with Gasteiger partial charge in [-0.25, -0.2) is 9.97 Å². The highest BCUT2D eigenvalue weighted by atomic mass is 32.1. The Morgan fingerprint density at radius 1 is 1.13 bits per heavy atom. The lowest BCUT2D eigenvalue weighted by Gasteiger charge is -2.45. The predicted molar refractivity (Wildman–Crippen MR) is 126 cm³/mol. The van der Waals surface area contributed by atoms with Crippen molar-refractivity contribution in [3.05, 3.63) is 54.4 Å². The number of hydrogen-bond donors (Lipinski definition) is 1. The highest BCUT2D eigenvalue weighted by Crippen LogP contribution is 2.31. The normalized spacial score (nSPS) is 19.7. The number of thiophene rings is 1. The third kappa shape index (κ3) is 3.84. The van der Waals surface area contributed by atoms with Gasteiger partial charge in [-0.05, 0) is 37.4 Å². The molecule has 3 aromatic heterocycles. The van der Waals surface area contributed by atoms with Crippen molar-refractivity contribution < 1.29 is 4.79 Å². The third-order valence-corrected chi connectivity index (χ3v) is 6.62. The highest BCUT2D eigenvalue weighted by Gasteiger charge is 2.32. The summed E-state index contributed by atoms with van der Waals surface area (Å²) in [6.07, 6.45) is 5.20. The first-order valence-electron chi connectivity index (χ1n) is 10.4. The zero-order chi connectivity index (χ0) is 21.4. The summed E-state index contributed by atoms with van der Waals surface area (Å²) >= 11 is 1.63. The summed E-state index contributed by atoms with van der Waals surface area (Å²) in [6.45, 7) is 6.35. The van der Waals surface area contributed by atoms with Crippen molar-refractivity contribution in [2.24, 2.45) is 0 Å². The zero-order valence-corrected chi connectivity index (χ0v) is 18.3. The number of carbonyl (C=O) groups excluding carboxylic acids is 1. The molecule has 0 unspecified atom stereocenters. The number of amides is 1. The molecule has 31 heavy (non-hydrogen) atoms. The monoisotopic (exact) mass is 432 g/mol. The Bertz CT molecular complexity index is 1220. The fourth-order valence-electron chi connectivity index (χ4n) is 4.59. The number of nitrogens with zero attached hydrogens (tertiary/aromatic N) is 5. The fraction of sp³-hybridized carbons (Fsp3) is 0.304. The van der Waals surface area contributed by atoms with Crippen LogP contribution in [0.2, 0.25) is 0 Å². The Hall–Kier alpha value is -3.10. The van der Waals surface area contributed by atoms with Gasteiger partial charge in [0.15, 0.2) is 0 Å². The van der Waals surface area contributed by atoms with E-state index in [2.05, 4.69) is 55.4 Å². The molecule has 1 aromatic carbocycles. The van der Waals surface area contributed by atoms with Gasteiger partial charge in [0.05, 0.1) is 11.9 Å². The van der Waals surface area contributed by atoms with Gasteiger partial charge in [-0.2, -0.15) is 0 Å². The minimum Gasteiger partial charge on any atom is -0.348 e. The second-order valence-corrected chi connectivity index (χ2v) is 8.98. The molecule has 2 atom stereocenters. The SMILES string of the molecule is C[C@@H]1CN(CC(=O)Nc2cccc3cnccc23)C[C@H](C)N1c1ncnc2sccc12. The maximum atomic E-state index is 12.8. The molecule has 1 saturated heterocycles. The second kappa shape index (κ2) is 8.20.